The molecule has 57 heavy (non-hydrogen) atoms. The molecule has 0 bridgehead atoms. The molecule has 0 saturated heterocycles. The van der Waals surface area contributed by atoms with Gasteiger partial charge in [-0.25, -0.2) is 4.57 Å². The maximum atomic E-state index is 12.6. The fourth-order valence-electron chi connectivity index (χ4n) is 5.49. The third-order valence-electron chi connectivity index (χ3n) is 8.84. The number of phosphoric ester groups is 1. The van der Waals surface area contributed by atoms with E-state index >= 15 is 0 Å². The van der Waals surface area contributed by atoms with Crippen LogP contribution < -0.4 is 0 Å². The van der Waals surface area contributed by atoms with E-state index in [0.717, 1.165) is 57.8 Å². The molecule has 3 N–H and O–H groups in total. The maximum absolute atomic E-state index is 12.6. The zero-order valence-corrected chi connectivity index (χ0v) is 36.4. The van der Waals surface area contributed by atoms with E-state index < -0.39 is 51.8 Å². The van der Waals surface area contributed by atoms with Crippen LogP contribution in [0.1, 0.15) is 168 Å². The minimum Gasteiger partial charge on any atom is -0.462 e. The smallest absolute Gasteiger partial charge is 0.462 e. The highest BCUT2D eigenvalue weighted by Gasteiger charge is 2.27. The van der Waals surface area contributed by atoms with Crippen molar-refractivity contribution in [3.63, 3.8) is 0 Å². The predicted octanol–water partition coefficient (Wildman–Crippen LogP) is 11.7. The number of allylic oxidation sites excluding steroid dienone is 12. The molecule has 0 heterocycles. The highest BCUT2D eigenvalue weighted by Crippen LogP contribution is 2.43. The van der Waals surface area contributed by atoms with Gasteiger partial charge in [0.2, 0.25) is 0 Å². The van der Waals surface area contributed by atoms with Gasteiger partial charge >= 0.3 is 19.8 Å². The van der Waals surface area contributed by atoms with Crippen LogP contribution >= 0.6 is 7.82 Å². The number of unbranched alkanes of at least 4 members (excludes halogenated alkanes) is 14. The highest BCUT2D eigenvalue weighted by atomic mass is 31.2. The zero-order valence-electron chi connectivity index (χ0n) is 35.5. The Bertz CT molecular complexity index is 1180. The van der Waals surface area contributed by atoms with Crippen LogP contribution in [0.25, 0.3) is 0 Å². The number of hydrogen-bond donors (Lipinski definition) is 3. The summed E-state index contributed by atoms with van der Waals surface area (Å²) >= 11 is 0. The van der Waals surface area contributed by atoms with Crippen molar-refractivity contribution < 1.29 is 47.8 Å². The summed E-state index contributed by atoms with van der Waals surface area (Å²) in [4.78, 5) is 35.0. The molecule has 0 radical (unpaired) electrons. The lowest BCUT2D eigenvalue weighted by Crippen LogP contribution is -2.29. The van der Waals surface area contributed by atoms with Crippen molar-refractivity contribution in [1.29, 1.82) is 0 Å². The molecule has 0 aromatic carbocycles. The molecular weight excluding hydrogens is 743 g/mol. The van der Waals surface area contributed by atoms with Crippen molar-refractivity contribution in [3.05, 3.63) is 72.9 Å². The highest BCUT2D eigenvalue weighted by molar-refractivity contribution is 7.47. The number of carbonyl (C=O) groups excluding carboxylic acids is 2. The molecule has 11 heteroatoms. The van der Waals surface area contributed by atoms with Gasteiger partial charge in [0.25, 0.3) is 0 Å². The Kier molecular flexibility index (Phi) is 39.7. The standard InChI is InChI=1S/C46H79O10P/c1-3-5-7-9-11-13-15-17-19-21-23-25-27-29-31-33-35-37-45(49)53-41-44(42-55-57(51,52)54-40-43(48)39-47)56-46(50)38-36-34-32-30-28-26-24-22-20-18-16-14-12-10-8-6-4-2/h5,7,11,13,17-20,23,25,29,31,43-44,47-48H,3-4,6,8-10,12,14-16,21-22,24,26-28,30,32-42H2,1-2H3,(H,51,52)/b7-5-,13-11-,19-17-,20-18-,25-23-,31-29-/t43-,44+/m0/s1. The summed E-state index contributed by atoms with van der Waals surface area (Å²) in [5.41, 5.74) is 0. The van der Waals surface area contributed by atoms with Crippen LogP contribution in [0.5, 0.6) is 0 Å². The lowest BCUT2D eigenvalue weighted by molar-refractivity contribution is -0.161. The number of aliphatic hydroxyl groups excluding tert-OH is 2. The van der Waals surface area contributed by atoms with Gasteiger partial charge in [-0.1, -0.05) is 151 Å². The van der Waals surface area contributed by atoms with Gasteiger partial charge in [0, 0.05) is 12.8 Å². The van der Waals surface area contributed by atoms with E-state index in [2.05, 4.69) is 85.2 Å². The number of ether oxygens (including phenoxy) is 2. The fraction of sp³-hybridized carbons (Fsp3) is 0.696. The van der Waals surface area contributed by atoms with Gasteiger partial charge in [-0.3, -0.25) is 18.6 Å². The minimum atomic E-state index is -4.63. The largest absolute Gasteiger partial charge is 0.472 e. The lowest BCUT2D eigenvalue weighted by Gasteiger charge is -2.20. The number of carbonyl (C=O) groups is 2. The Labute approximate surface area is 346 Å². The minimum absolute atomic E-state index is 0.159. The third-order valence-corrected chi connectivity index (χ3v) is 9.80. The van der Waals surface area contributed by atoms with E-state index in [1.54, 1.807) is 0 Å². The quantitative estimate of drug-likeness (QED) is 0.0236. The van der Waals surface area contributed by atoms with Gasteiger partial charge in [0.15, 0.2) is 6.10 Å². The first-order valence-electron chi connectivity index (χ1n) is 21.9. The third kappa shape index (κ3) is 41.4. The average molecular weight is 823 g/mol. The summed E-state index contributed by atoms with van der Waals surface area (Å²) in [6.07, 6.45) is 47.3. The van der Waals surface area contributed by atoms with E-state index in [0.29, 0.717) is 19.3 Å². The molecule has 0 aromatic rings. The summed E-state index contributed by atoms with van der Waals surface area (Å²) in [5, 5.41) is 18.3. The molecule has 0 aliphatic rings. The molecular formula is C46H79O10P. The van der Waals surface area contributed by atoms with Gasteiger partial charge in [-0.2, -0.15) is 0 Å². The number of aliphatic hydroxyl groups is 2. The Balaban J connectivity index is 4.40. The molecule has 0 rings (SSSR count). The Hall–Kier alpha value is -2.59. The second-order valence-corrected chi connectivity index (χ2v) is 15.8. The van der Waals surface area contributed by atoms with Gasteiger partial charge in [0.1, 0.15) is 12.7 Å². The van der Waals surface area contributed by atoms with Crippen LogP contribution in [0.2, 0.25) is 0 Å². The van der Waals surface area contributed by atoms with Crippen LogP contribution in [0, 0.1) is 0 Å². The number of hydrogen-bond acceptors (Lipinski definition) is 9. The molecule has 0 amide bonds. The molecule has 0 spiro atoms. The summed E-state index contributed by atoms with van der Waals surface area (Å²) in [7, 11) is -4.63. The van der Waals surface area contributed by atoms with Crippen LogP contribution in [-0.2, 0) is 32.7 Å². The Morgan fingerprint density at radius 2 is 0.982 bits per heavy atom. The van der Waals surface area contributed by atoms with Crippen molar-refractivity contribution in [1.82, 2.24) is 0 Å². The lowest BCUT2D eigenvalue weighted by atomic mass is 10.1. The van der Waals surface area contributed by atoms with Crippen molar-refractivity contribution >= 4 is 19.8 Å². The molecule has 3 atom stereocenters. The second kappa shape index (κ2) is 41.6. The molecule has 10 nitrogen and oxygen atoms in total. The molecule has 0 aliphatic carbocycles. The van der Waals surface area contributed by atoms with Crippen molar-refractivity contribution in [2.24, 2.45) is 0 Å². The van der Waals surface area contributed by atoms with Crippen LogP contribution in [0.3, 0.4) is 0 Å². The van der Waals surface area contributed by atoms with E-state index in [1.165, 1.54) is 64.2 Å². The van der Waals surface area contributed by atoms with E-state index in [-0.39, 0.29) is 19.4 Å². The molecule has 0 fully saturated rings. The van der Waals surface area contributed by atoms with Crippen LogP contribution in [0.15, 0.2) is 72.9 Å². The van der Waals surface area contributed by atoms with Gasteiger partial charge in [-0.05, 0) is 77.0 Å². The Morgan fingerprint density at radius 3 is 1.53 bits per heavy atom. The maximum Gasteiger partial charge on any atom is 0.472 e. The van der Waals surface area contributed by atoms with Gasteiger partial charge in [-0.15, -0.1) is 0 Å². The van der Waals surface area contributed by atoms with E-state index in [9.17, 15) is 24.2 Å². The first-order chi connectivity index (χ1) is 27.7. The van der Waals surface area contributed by atoms with Crippen LogP contribution in [-0.4, -0.2) is 65.7 Å². The second-order valence-electron chi connectivity index (χ2n) is 14.3. The van der Waals surface area contributed by atoms with Gasteiger partial charge < -0.3 is 24.6 Å². The zero-order chi connectivity index (χ0) is 41.9. The Morgan fingerprint density at radius 1 is 0.544 bits per heavy atom. The molecule has 328 valence electrons. The number of rotatable bonds is 40. The van der Waals surface area contributed by atoms with E-state index in [1.807, 2.05) is 6.08 Å². The molecule has 0 aliphatic heterocycles. The fourth-order valence-corrected chi connectivity index (χ4v) is 6.28. The summed E-state index contributed by atoms with van der Waals surface area (Å²) < 4.78 is 32.7. The summed E-state index contributed by atoms with van der Waals surface area (Å²) in [6, 6.07) is 0. The van der Waals surface area contributed by atoms with Crippen LogP contribution in [0.4, 0.5) is 0 Å². The first kappa shape index (κ1) is 54.4. The normalized spacial score (nSPS) is 14.5. The first-order valence-corrected chi connectivity index (χ1v) is 23.4. The van der Waals surface area contributed by atoms with Crippen molar-refractivity contribution in [2.45, 2.75) is 180 Å². The summed E-state index contributed by atoms with van der Waals surface area (Å²) in [6.45, 7) is 2.18. The summed E-state index contributed by atoms with van der Waals surface area (Å²) in [5.74, 6) is -1.00. The van der Waals surface area contributed by atoms with Crippen molar-refractivity contribution in [3.8, 4) is 0 Å². The number of phosphoric acid groups is 1. The van der Waals surface area contributed by atoms with Gasteiger partial charge in [0.05, 0.1) is 19.8 Å². The monoisotopic (exact) mass is 823 g/mol. The topological polar surface area (TPSA) is 149 Å². The van der Waals surface area contributed by atoms with Crippen molar-refractivity contribution in [2.75, 3.05) is 26.4 Å². The molecule has 0 aromatic heterocycles. The SMILES string of the molecule is CC/C=C\C/C=C\C/C=C\C/C=C\C/C=C\CCCC(=O)OC[C@H](COP(=O)(O)OC[C@@H](O)CO)OC(=O)CCCCCCCCC/C=C\CCCCCCCC. The number of esters is 2. The van der Waals surface area contributed by atoms with E-state index in [4.69, 9.17) is 19.1 Å². The molecule has 1 unspecified atom stereocenters. The average Bonchev–Trinajstić information content (AvgIpc) is 3.20. The predicted molar refractivity (Wildman–Crippen MR) is 233 cm³/mol. The molecule has 0 saturated carbocycles.